The quantitative estimate of drug-likeness (QED) is 0.814. The SMILES string of the molecule is C=CCc1c(O)cccc1OC1CCCCO1. The molecule has 1 heterocycles. The van der Waals surface area contributed by atoms with Crippen LogP contribution in [0.1, 0.15) is 24.8 Å². The predicted octanol–water partition coefficient (Wildman–Crippen LogP) is 3.03. The van der Waals surface area contributed by atoms with Crippen molar-refractivity contribution in [3.8, 4) is 11.5 Å². The Hall–Kier alpha value is -1.48. The molecule has 2 rings (SSSR count). The first-order valence-electron chi connectivity index (χ1n) is 6.01. The summed E-state index contributed by atoms with van der Waals surface area (Å²) in [7, 11) is 0. The fourth-order valence-electron chi connectivity index (χ4n) is 1.96. The van der Waals surface area contributed by atoms with E-state index in [1.54, 1.807) is 18.2 Å². The minimum absolute atomic E-state index is 0.186. The molecular weight excluding hydrogens is 216 g/mol. The zero-order valence-corrected chi connectivity index (χ0v) is 9.89. The molecule has 92 valence electrons. The van der Waals surface area contributed by atoms with Gasteiger partial charge in [-0.05, 0) is 31.4 Å². The molecule has 1 N–H and O–H groups in total. The minimum Gasteiger partial charge on any atom is -0.508 e. The third-order valence-corrected chi connectivity index (χ3v) is 2.85. The second-order valence-electron chi connectivity index (χ2n) is 4.16. The molecule has 0 aromatic heterocycles. The Balaban J connectivity index is 2.13. The summed E-state index contributed by atoms with van der Waals surface area (Å²) in [6.45, 7) is 4.44. The Kier molecular flexibility index (Phi) is 4.04. The van der Waals surface area contributed by atoms with Gasteiger partial charge in [-0.3, -0.25) is 0 Å². The smallest absolute Gasteiger partial charge is 0.199 e. The van der Waals surface area contributed by atoms with Gasteiger partial charge in [0, 0.05) is 12.0 Å². The summed E-state index contributed by atoms with van der Waals surface area (Å²) < 4.78 is 11.3. The van der Waals surface area contributed by atoms with Crippen LogP contribution in [0.3, 0.4) is 0 Å². The van der Waals surface area contributed by atoms with Crippen LogP contribution in [0, 0.1) is 0 Å². The normalized spacial score (nSPS) is 19.9. The summed E-state index contributed by atoms with van der Waals surface area (Å²) in [5.74, 6) is 0.940. The fourth-order valence-corrected chi connectivity index (χ4v) is 1.96. The molecule has 0 bridgehead atoms. The first-order chi connectivity index (χ1) is 8.31. The first kappa shape index (κ1) is 12.0. The second kappa shape index (κ2) is 5.73. The summed E-state index contributed by atoms with van der Waals surface area (Å²) in [5.41, 5.74) is 0.775. The molecule has 0 radical (unpaired) electrons. The van der Waals surface area contributed by atoms with Crippen molar-refractivity contribution in [2.45, 2.75) is 32.0 Å². The van der Waals surface area contributed by atoms with Crippen LogP contribution in [-0.4, -0.2) is 18.0 Å². The zero-order valence-electron chi connectivity index (χ0n) is 9.89. The highest BCUT2D eigenvalue weighted by molar-refractivity contribution is 5.45. The maximum Gasteiger partial charge on any atom is 0.199 e. The van der Waals surface area contributed by atoms with E-state index in [2.05, 4.69) is 6.58 Å². The molecule has 1 aromatic carbocycles. The van der Waals surface area contributed by atoms with Crippen molar-refractivity contribution in [3.63, 3.8) is 0 Å². The number of phenolic OH excluding ortho intramolecular Hbond substituents is 1. The number of rotatable bonds is 4. The van der Waals surface area contributed by atoms with Gasteiger partial charge >= 0.3 is 0 Å². The second-order valence-corrected chi connectivity index (χ2v) is 4.16. The molecule has 0 amide bonds. The van der Waals surface area contributed by atoms with E-state index in [0.29, 0.717) is 12.2 Å². The standard InChI is InChI=1S/C14H18O3/c1-2-6-11-12(15)7-5-8-13(11)17-14-9-3-4-10-16-14/h2,5,7-8,14-15H,1,3-4,6,9-10H2. The van der Waals surface area contributed by atoms with Crippen LogP contribution in [0.4, 0.5) is 0 Å². The maximum atomic E-state index is 9.78. The molecule has 0 saturated carbocycles. The average molecular weight is 234 g/mol. The monoisotopic (exact) mass is 234 g/mol. The number of hydrogen-bond acceptors (Lipinski definition) is 3. The van der Waals surface area contributed by atoms with E-state index in [4.69, 9.17) is 9.47 Å². The molecule has 3 nitrogen and oxygen atoms in total. The van der Waals surface area contributed by atoms with E-state index in [-0.39, 0.29) is 12.0 Å². The molecule has 0 aliphatic carbocycles. The molecule has 1 atom stereocenters. The number of aromatic hydroxyl groups is 1. The summed E-state index contributed by atoms with van der Waals surface area (Å²) in [6, 6.07) is 5.30. The van der Waals surface area contributed by atoms with Crippen molar-refractivity contribution >= 4 is 0 Å². The van der Waals surface area contributed by atoms with Crippen molar-refractivity contribution < 1.29 is 14.6 Å². The summed E-state index contributed by atoms with van der Waals surface area (Å²) in [4.78, 5) is 0. The lowest BCUT2D eigenvalue weighted by Gasteiger charge is -2.24. The zero-order chi connectivity index (χ0) is 12.1. The highest BCUT2D eigenvalue weighted by Crippen LogP contribution is 2.30. The van der Waals surface area contributed by atoms with E-state index in [1.165, 1.54) is 0 Å². The molecule has 1 unspecified atom stereocenters. The van der Waals surface area contributed by atoms with Crippen molar-refractivity contribution in [1.82, 2.24) is 0 Å². The molecule has 3 heteroatoms. The van der Waals surface area contributed by atoms with Gasteiger partial charge in [0.15, 0.2) is 6.29 Å². The molecular formula is C14H18O3. The molecule has 17 heavy (non-hydrogen) atoms. The number of benzene rings is 1. The van der Waals surface area contributed by atoms with Gasteiger partial charge in [0.05, 0.1) is 6.61 Å². The number of allylic oxidation sites excluding steroid dienone is 1. The predicted molar refractivity (Wildman–Crippen MR) is 66.2 cm³/mol. The van der Waals surface area contributed by atoms with Crippen molar-refractivity contribution in [2.75, 3.05) is 6.61 Å². The third-order valence-electron chi connectivity index (χ3n) is 2.85. The van der Waals surface area contributed by atoms with Gasteiger partial charge in [-0.15, -0.1) is 6.58 Å². The fraction of sp³-hybridized carbons (Fsp3) is 0.429. The van der Waals surface area contributed by atoms with Gasteiger partial charge in [0.2, 0.25) is 0 Å². The molecule has 1 aliphatic rings. The van der Waals surface area contributed by atoms with E-state index in [9.17, 15) is 5.11 Å². The summed E-state index contributed by atoms with van der Waals surface area (Å²) in [6.07, 6.45) is 5.29. The molecule has 1 aromatic rings. The third kappa shape index (κ3) is 3.01. The van der Waals surface area contributed by atoms with Gasteiger partial charge in [-0.1, -0.05) is 12.1 Å². The minimum atomic E-state index is -0.186. The largest absolute Gasteiger partial charge is 0.508 e. The average Bonchev–Trinajstić information content (AvgIpc) is 2.35. The lowest BCUT2D eigenvalue weighted by molar-refractivity contribution is -0.106. The van der Waals surface area contributed by atoms with Crippen LogP contribution in [-0.2, 0) is 11.2 Å². The topological polar surface area (TPSA) is 38.7 Å². The Labute approximate surface area is 102 Å². The first-order valence-corrected chi connectivity index (χ1v) is 6.01. The number of ether oxygens (including phenoxy) is 2. The lowest BCUT2D eigenvalue weighted by atomic mass is 10.1. The van der Waals surface area contributed by atoms with Crippen LogP contribution in [0.5, 0.6) is 11.5 Å². The van der Waals surface area contributed by atoms with Gasteiger partial charge in [-0.2, -0.15) is 0 Å². The van der Waals surface area contributed by atoms with Crippen LogP contribution in [0.2, 0.25) is 0 Å². The van der Waals surface area contributed by atoms with Crippen LogP contribution < -0.4 is 4.74 Å². The number of phenols is 1. The van der Waals surface area contributed by atoms with Gasteiger partial charge < -0.3 is 14.6 Å². The van der Waals surface area contributed by atoms with E-state index < -0.39 is 0 Å². The lowest BCUT2D eigenvalue weighted by Crippen LogP contribution is -2.25. The molecule has 0 spiro atoms. The molecule has 1 fully saturated rings. The highest BCUT2D eigenvalue weighted by atomic mass is 16.7. The summed E-state index contributed by atoms with van der Waals surface area (Å²) in [5, 5.41) is 9.78. The van der Waals surface area contributed by atoms with Crippen LogP contribution in [0.15, 0.2) is 30.9 Å². The maximum absolute atomic E-state index is 9.78. The van der Waals surface area contributed by atoms with Gasteiger partial charge in [0.1, 0.15) is 11.5 Å². The van der Waals surface area contributed by atoms with Crippen molar-refractivity contribution in [1.29, 1.82) is 0 Å². The van der Waals surface area contributed by atoms with E-state index in [1.807, 2.05) is 6.07 Å². The summed E-state index contributed by atoms with van der Waals surface area (Å²) >= 11 is 0. The molecule has 1 aliphatic heterocycles. The van der Waals surface area contributed by atoms with E-state index >= 15 is 0 Å². The van der Waals surface area contributed by atoms with Crippen molar-refractivity contribution in [2.24, 2.45) is 0 Å². The van der Waals surface area contributed by atoms with Crippen molar-refractivity contribution in [3.05, 3.63) is 36.4 Å². The Morgan fingerprint density at radius 1 is 1.47 bits per heavy atom. The van der Waals surface area contributed by atoms with Gasteiger partial charge in [-0.25, -0.2) is 0 Å². The Morgan fingerprint density at radius 2 is 2.35 bits per heavy atom. The van der Waals surface area contributed by atoms with Gasteiger partial charge in [0.25, 0.3) is 0 Å². The Bertz CT molecular complexity index is 381. The Morgan fingerprint density at radius 3 is 3.06 bits per heavy atom. The van der Waals surface area contributed by atoms with Crippen LogP contribution >= 0.6 is 0 Å². The molecule has 1 saturated heterocycles. The highest BCUT2D eigenvalue weighted by Gasteiger charge is 2.17. The van der Waals surface area contributed by atoms with Crippen LogP contribution in [0.25, 0.3) is 0 Å². The number of hydrogen-bond donors (Lipinski definition) is 1. The van der Waals surface area contributed by atoms with E-state index in [0.717, 1.165) is 31.4 Å².